The molecule has 1 heterocycles. The number of alkyl halides is 1. The van der Waals surface area contributed by atoms with Crippen molar-refractivity contribution in [1.29, 1.82) is 0 Å². The van der Waals surface area contributed by atoms with Gasteiger partial charge in [0.15, 0.2) is 0 Å². The monoisotopic (exact) mass is 511 g/mol. The molecule has 0 aliphatic heterocycles. The highest BCUT2D eigenvalue weighted by Crippen LogP contribution is 2.30. The number of carboxylic acid groups (broad SMARTS) is 1. The topological polar surface area (TPSA) is 92.2 Å². The Morgan fingerprint density at radius 1 is 1.11 bits per heavy atom. The third-order valence-corrected chi connectivity index (χ3v) is 6.67. The van der Waals surface area contributed by atoms with Gasteiger partial charge < -0.3 is 10.4 Å². The SMILES string of the molecule is O=C(O)CCCCc1nc2cc(C(=O)NCC3=CCC(Cl)C=C3)ccc2nc1C1=CC=C(Cl)CC1. The first kappa shape index (κ1) is 25.1. The number of aliphatic carboxylic acids is 1. The van der Waals surface area contributed by atoms with E-state index in [1.54, 1.807) is 12.1 Å². The molecule has 182 valence electrons. The highest BCUT2D eigenvalue weighted by molar-refractivity contribution is 6.29. The van der Waals surface area contributed by atoms with Crippen LogP contribution in [0, 0.1) is 0 Å². The van der Waals surface area contributed by atoms with E-state index >= 15 is 0 Å². The van der Waals surface area contributed by atoms with Crippen molar-refractivity contribution in [3.63, 3.8) is 0 Å². The molecule has 0 bridgehead atoms. The summed E-state index contributed by atoms with van der Waals surface area (Å²) in [7, 11) is 0. The molecule has 0 saturated heterocycles. The van der Waals surface area contributed by atoms with E-state index in [4.69, 9.17) is 38.3 Å². The standard InChI is InChI=1S/C27H27Cl2N3O3/c28-20-10-5-17(6-11-20)16-30-27(35)19-9-14-22-24(15-19)31-23(3-1-2-4-25(33)34)26(32-22)18-7-12-21(29)13-8-18/h5-7,9-10,12,14-15,20H,1-4,8,11,13,16H2,(H,30,35)(H,33,34). The third-order valence-electron chi connectivity index (χ3n) is 6.03. The fourth-order valence-corrected chi connectivity index (χ4v) is 4.41. The summed E-state index contributed by atoms with van der Waals surface area (Å²) in [5.74, 6) is -0.986. The van der Waals surface area contributed by atoms with Crippen LogP contribution in [0.25, 0.3) is 16.6 Å². The van der Waals surface area contributed by atoms with Crippen LogP contribution in [-0.4, -0.2) is 38.9 Å². The molecular weight excluding hydrogens is 485 g/mol. The lowest BCUT2D eigenvalue weighted by Crippen LogP contribution is -2.25. The predicted molar refractivity (Wildman–Crippen MR) is 140 cm³/mol. The Balaban J connectivity index is 1.56. The van der Waals surface area contributed by atoms with Gasteiger partial charge in [-0.1, -0.05) is 35.9 Å². The Hall–Kier alpha value is -2.96. The third kappa shape index (κ3) is 6.80. The number of rotatable bonds is 9. The van der Waals surface area contributed by atoms with Gasteiger partial charge in [-0.3, -0.25) is 9.59 Å². The van der Waals surface area contributed by atoms with Crippen molar-refractivity contribution in [3.8, 4) is 0 Å². The summed E-state index contributed by atoms with van der Waals surface area (Å²) in [5, 5.41) is 12.7. The highest BCUT2D eigenvalue weighted by Gasteiger charge is 2.17. The summed E-state index contributed by atoms with van der Waals surface area (Å²) in [6.07, 6.45) is 14.0. The summed E-state index contributed by atoms with van der Waals surface area (Å²) in [6.45, 7) is 0.431. The first-order valence-electron chi connectivity index (χ1n) is 11.8. The molecule has 2 N–H and O–H groups in total. The summed E-state index contributed by atoms with van der Waals surface area (Å²) >= 11 is 12.2. The van der Waals surface area contributed by atoms with E-state index in [1.807, 2.05) is 36.4 Å². The Morgan fingerprint density at radius 3 is 2.69 bits per heavy atom. The molecule has 1 atom stereocenters. The van der Waals surface area contributed by atoms with Crippen LogP contribution >= 0.6 is 23.2 Å². The van der Waals surface area contributed by atoms with Crippen molar-refractivity contribution >= 4 is 51.7 Å². The van der Waals surface area contributed by atoms with Gasteiger partial charge in [-0.15, -0.1) is 11.6 Å². The number of aromatic nitrogens is 2. The number of halogens is 2. The average molecular weight is 512 g/mol. The van der Waals surface area contributed by atoms with E-state index < -0.39 is 5.97 Å². The van der Waals surface area contributed by atoms with Crippen molar-refractivity contribution in [2.45, 2.75) is 50.3 Å². The smallest absolute Gasteiger partial charge is 0.303 e. The molecule has 1 amide bonds. The molecule has 6 nitrogen and oxygen atoms in total. The number of nitrogens with one attached hydrogen (secondary N) is 1. The van der Waals surface area contributed by atoms with Crippen LogP contribution in [0.15, 0.2) is 59.2 Å². The van der Waals surface area contributed by atoms with Gasteiger partial charge in [0.25, 0.3) is 5.91 Å². The van der Waals surface area contributed by atoms with Crippen molar-refractivity contribution in [1.82, 2.24) is 15.3 Å². The Morgan fingerprint density at radius 2 is 1.97 bits per heavy atom. The first-order chi connectivity index (χ1) is 16.9. The van der Waals surface area contributed by atoms with Crippen molar-refractivity contribution in [2.24, 2.45) is 0 Å². The number of hydrogen-bond acceptors (Lipinski definition) is 4. The molecule has 4 rings (SSSR count). The van der Waals surface area contributed by atoms with Crippen LogP contribution in [0.2, 0.25) is 0 Å². The van der Waals surface area contributed by atoms with Gasteiger partial charge in [-0.2, -0.15) is 0 Å². The minimum atomic E-state index is -0.804. The molecule has 0 fully saturated rings. The van der Waals surface area contributed by atoms with E-state index in [-0.39, 0.29) is 17.7 Å². The van der Waals surface area contributed by atoms with Crippen LogP contribution in [0.3, 0.4) is 0 Å². The van der Waals surface area contributed by atoms with Crippen molar-refractivity contribution in [3.05, 3.63) is 76.1 Å². The van der Waals surface area contributed by atoms with Gasteiger partial charge in [-0.25, -0.2) is 9.97 Å². The van der Waals surface area contributed by atoms with Gasteiger partial charge in [0, 0.05) is 23.6 Å². The summed E-state index contributed by atoms with van der Waals surface area (Å²) < 4.78 is 0. The lowest BCUT2D eigenvalue weighted by atomic mass is 9.97. The maximum atomic E-state index is 12.8. The zero-order chi connectivity index (χ0) is 24.8. The average Bonchev–Trinajstić information content (AvgIpc) is 2.85. The predicted octanol–water partition coefficient (Wildman–Crippen LogP) is 5.95. The maximum absolute atomic E-state index is 12.8. The van der Waals surface area contributed by atoms with Crippen LogP contribution in [0.1, 0.15) is 60.3 Å². The van der Waals surface area contributed by atoms with Crippen LogP contribution in [-0.2, 0) is 11.2 Å². The Labute approximate surface area is 214 Å². The number of allylic oxidation sites excluding steroid dienone is 6. The Kier molecular flexibility index (Phi) is 8.37. The number of nitrogens with zero attached hydrogens (tertiary/aromatic N) is 2. The molecular formula is C27H27Cl2N3O3. The molecule has 2 aromatic rings. The molecule has 1 aromatic carbocycles. The Bertz CT molecular complexity index is 1260. The molecule has 35 heavy (non-hydrogen) atoms. The normalized spacial score (nSPS) is 17.5. The quantitative estimate of drug-likeness (QED) is 0.320. The lowest BCUT2D eigenvalue weighted by Gasteiger charge is -2.15. The molecule has 1 aromatic heterocycles. The number of aryl methyl sites for hydroxylation is 1. The number of carbonyl (C=O) groups excluding carboxylic acids is 1. The number of amides is 1. The number of fused-ring (bicyclic) bond motifs is 1. The molecule has 0 saturated carbocycles. The molecule has 8 heteroatoms. The lowest BCUT2D eigenvalue weighted by molar-refractivity contribution is -0.137. The minimum Gasteiger partial charge on any atom is -0.481 e. The second kappa shape index (κ2) is 11.6. The number of unbranched alkanes of at least 4 members (excludes halogenated alkanes) is 1. The zero-order valence-corrected chi connectivity index (χ0v) is 20.8. The van der Waals surface area contributed by atoms with Crippen LogP contribution in [0.5, 0.6) is 0 Å². The van der Waals surface area contributed by atoms with E-state index in [0.29, 0.717) is 42.4 Å². The van der Waals surface area contributed by atoms with Crippen molar-refractivity contribution < 1.29 is 14.7 Å². The second-order valence-corrected chi connectivity index (χ2v) is 9.75. The fourth-order valence-electron chi connectivity index (χ4n) is 4.10. The van der Waals surface area contributed by atoms with E-state index in [2.05, 4.69) is 5.32 Å². The minimum absolute atomic E-state index is 0.00844. The van der Waals surface area contributed by atoms with Gasteiger partial charge in [-0.05, 0) is 73.9 Å². The van der Waals surface area contributed by atoms with Gasteiger partial charge in [0.2, 0.25) is 0 Å². The van der Waals surface area contributed by atoms with Gasteiger partial charge in [0.05, 0.1) is 27.8 Å². The molecule has 1 unspecified atom stereocenters. The molecule has 0 spiro atoms. The second-order valence-electron chi connectivity index (χ2n) is 8.70. The summed E-state index contributed by atoms with van der Waals surface area (Å²) in [5.41, 5.74) is 5.58. The number of carbonyl (C=O) groups is 2. The maximum Gasteiger partial charge on any atom is 0.303 e. The first-order valence-corrected chi connectivity index (χ1v) is 12.6. The number of hydrogen-bond donors (Lipinski definition) is 2. The largest absolute Gasteiger partial charge is 0.481 e. The molecule has 2 aliphatic rings. The highest BCUT2D eigenvalue weighted by atomic mass is 35.5. The number of carboxylic acids is 1. The number of benzene rings is 1. The van der Waals surface area contributed by atoms with Crippen LogP contribution in [0.4, 0.5) is 0 Å². The summed E-state index contributed by atoms with van der Waals surface area (Å²) in [4.78, 5) is 33.4. The molecule has 2 aliphatic carbocycles. The van der Waals surface area contributed by atoms with E-state index in [0.717, 1.165) is 46.8 Å². The van der Waals surface area contributed by atoms with Crippen LogP contribution < -0.4 is 5.32 Å². The van der Waals surface area contributed by atoms with Gasteiger partial charge >= 0.3 is 5.97 Å². The fraction of sp³-hybridized carbons (Fsp3) is 0.333. The van der Waals surface area contributed by atoms with Gasteiger partial charge in [0.1, 0.15) is 0 Å². The van der Waals surface area contributed by atoms with Crippen molar-refractivity contribution in [2.75, 3.05) is 6.54 Å². The van der Waals surface area contributed by atoms with E-state index in [1.165, 1.54) is 0 Å². The zero-order valence-electron chi connectivity index (χ0n) is 19.3. The summed E-state index contributed by atoms with van der Waals surface area (Å²) in [6, 6.07) is 5.34. The molecule has 0 radical (unpaired) electrons. The van der Waals surface area contributed by atoms with E-state index in [9.17, 15) is 9.59 Å².